The normalized spacial score (nSPS) is 12.6. The zero-order chi connectivity index (χ0) is 17.2. The third-order valence-electron chi connectivity index (χ3n) is 3.47. The Morgan fingerprint density at radius 1 is 1.13 bits per heavy atom. The van der Waals surface area contributed by atoms with E-state index in [0.29, 0.717) is 17.0 Å². The molecule has 0 aliphatic heterocycles. The molecule has 23 heavy (non-hydrogen) atoms. The summed E-state index contributed by atoms with van der Waals surface area (Å²) in [4.78, 5) is 8.00. The smallest absolute Gasteiger partial charge is 0.260 e. The van der Waals surface area contributed by atoms with Gasteiger partial charge in [-0.2, -0.15) is 18.4 Å². The Labute approximate surface area is 132 Å². The number of rotatable bonds is 2. The average Bonchev–Trinajstić information content (AvgIpc) is 2.49. The van der Waals surface area contributed by atoms with Gasteiger partial charge in [-0.05, 0) is 44.0 Å². The first kappa shape index (κ1) is 16.7. The van der Waals surface area contributed by atoms with Gasteiger partial charge in [-0.15, -0.1) is 0 Å². The van der Waals surface area contributed by atoms with Gasteiger partial charge in [0.05, 0.1) is 16.8 Å². The van der Waals surface area contributed by atoms with Crippen LogP contribution in [0.4, 0.5) is 13.2 Å². The van der Waals surface area contributed by atoms with Gasteiger partial charge in [0.2, 0.25) is 0 Å². The summed E-state index contributed by atoms with van der Waals surface area (Å²) in [6, 6.07) is 6.51. The number of nitrogens with zero attached hydrogens (tertiary/aromatic N) is 3. The largest absolute Gasteiger partial charge is 0.417 e. The highest BCUT2D eigenvalue weighted by atomic mass is 19.4. The third-order valence-corrected chi connectivity index (χ3v) is 3.47. The van der Waals surface area contributed by atoms with Crippen molar-refractivity contribution >= 4 is 11.1 Å². The van der Waals surface area contributed by atoms with E-state index in [1.54, 1.807) is 26.1 Å². The first-order chi connectivity index (χ1) is 10.7. The van der Waals surface area contributed by atoms with Crippen molar-refractivity contribution in [3.63, 3.8) is 0 Å². The molecule has 2 aromatic heterocycles. The molecule has 2 aromatic rings. The summed E-state index contributed by atoms with van der Waals surface area (Å²) in [5.41, 5.74) is 1.80. The van der Waals surface area contributed by atoms with Crippen molar-refractivity contribution in [3.8, 4) is 6.07 Å². The Morgan fingerprint density at radius 2 is 1.83 bits per heavy atom. The van der Waals surface area contributed by atoms with E-state index in [1.807, 2.05) is 19.1 Å². The minimum atomic E-state index is -4.51. The van der Waals surface area contributed by atoms with Gasteiger partial charge in [0.15, 0.2) is 0 Å². The Balaban J connectivity index is 2.63. The number of alkyl halides is 3. The van der Waals surface area contributed by atoms with Crippen LogP contribution in [0.3, 0.4) is 0 Å². The molecule has 0 fully saturated rings. The van der Waals surface area contributed by atoms with Crippen LogP contribution in [0, 0.1) is 25.2 Å². The number of allylic oxidation sites excluding steroid dienone is 2. The predicted molar refractivity (Wildman–Crippen MR) is 81.1 cm³/mol. The van der Waals surface area contributed by atoms with Crippen LogP contribution in [0.25, 0.3) is 11.1 Å². The first-order valence-corrected chi connectivity index (χ1v) is 6.82. The quantitative estimate of drug-likeness (QED) is 0.763. The van der Waals surface area contributed by atoms with Gasteiger partial charge >= 0.3 is 6.18 Å². The molecule has 0 spiro atoms. The van der Waals surface area contributed by atoms with E-state index in [-0.39, 0.29) is 11.1 Å². The van der Waals surface area contributed by atoms with Gasteiger partial charge in [-0.25, -0.2) is 0 Å². The van der Waals surface area contributed by atoms with Crippen molar-refractivity contribution in [1.82, 2.24) is 9.97 Å². The molecule has 0 radical (unpaired) electrons. The standard InChI is InChI=1S/C17H14F3N3/c1-10-4-5-16(23-8-10)11(2)15(7-21)14-6-13(17(18,19)20)9-22-12(14)3/h4-6,8-9H,1-3H3/b15-11+. The minimum Gasteiger partial charge on any atom is -0.260 e. The van der Waals surface area contributed by atoms with Crippen LogP contribution < -0.4 is 0 Å². The van der Waals surface area contributed by atoms with Crippen LogP contribution in [-0.4, -0.2) is 9.97 Å². The Morgan fingerprint density at radius 3 is 2.35 bits per heavy atom. The van der Waals surface area contributed by atoms with Crippen LogP contribution in [0.2, 0.25) is 0 Å². The van der Waals surface area contributed by atoms with Crippen molar-refractivity contribution in [2.45, 2.75) is 26.9 Å². The molecule has 0 unspecified atom stereocenters. The molecule has 0 aliphatic carbocycles. The lowest BCUT2D eigenvalue weighted by Gasteiger charge is -2.12. The van der Waals surface area contributed by atoms with Crippen LogP contribution in [0.5, 0.6) is 0 Å². The van der Waals surface area contributed by atoms with Gasteiger partial charge in [0.25, 0.3) is 0 Å². The molecule has 0 saturated heterocycles. The minimum absolute atomic E-state index is 0.137. The van der Waals surface area contributed by atoms with Crippen molar-refractivity contribution < 1.29 is 13.2 Å². The molecular weight excluding hydrogens is 303 g/mol. The molecule has 0 aliphatic rings. The zero-order valence-corrected chi connectivity index (χ0v) is 12.9. The molecule has 0 N–H and O–H groups in total. The van der Waals surface area contributed by atoms with Gasteiger partial charge in [0.1, 0.15) is 6.07 Å². The van der Waals surface area contributed by atoms with Crippen LogP contribution in [-0.2, 0) is 6.18 Å². The number of nitriles is 1. The lowest BCUT2D eigenvalue weighted by atomic mass is 9.97. The monoisotopic (exact) mass is 317 g/mol. The molecule has 3 nitrogen and oxygen atoms in total. The number of aromatic nitrogens is 2. The van der Waals surface area contributed by atoms with Crippen molar-refractivity contribution in [3.05, 3.63) is 58.7 Å². The van der Waals surface area contributed by atoms with Gasteiger partial charge in [0, 0.05) is 23.7 Å². The van der Waals surface area contributed by atoms with Crippen molar-refractivity contribution in [2.75, 3.05) is 0 Å². The number of halogens is 3. The van der Waals surface area contributed by atoms with E-state index in [0.717, 1.165) is 17.8 Å². The molecule has 0 aromatic carbocycles. The van der Waals surface area contributed by atoms with E-state index in [2.05, 4.69) is 9.97 Å². The van der Waals surface area contributed by atoms with Gasteiger partial charge in [-0.3, -0.25) is 9.97 Å². The molecule has 0 saturated carbocycles. The molecule has 6 heteroatoms. The highest BCUT2D eigenvalue weighted by Crippen LogP contribution is 2.33. The Bertz CT molecular complexity index is 797. The molecule has 0 bridgehead atoms. The second-order valence-electron chi connectivity index (χ2n) is 5.19. The number of pyridine rings is 2. The first-order valence-electron chi connectivity index (χ1n) is 6.82. The summed E-state index contributed by atoms with van der Waals surface area (Å²) in [6.07, 6.45) is -2.09. The van der Waals surface area contributed by atoms with Crippen molar-refractivity contribution in [2.24, 2.45) is 0 Å². The molecule has 2 heterocycles. The summed E-state index contributed by atoms with van der Waals surface area (Å²) >= 11 is 0. The maximum absolute atomic E-state index is 12.9. The number of hydrogen-bond acceptors (Lipinski definition) is 3. The number of aryl methyl sites for hydroxylation is 2. The Hall–Kier alpha value is -2.68. The fraction of sp³-hybridized carbons (Fsp3) is 0.235. The fourth-order valence-electron chi connectivity index (χ4n) is 2.11. The van der Waals surface area contributed by atoms with E-state index in [4.69, 9.17) is 0 Å². The predicted octanol–water partition coefficient (Wildman–Crippen LogP) is 4.57. The average molecular weight is 317 g/mol. The summed E-state index contributed by atoms with van der Waals surface area (Å²) < 4.78 is 38.7. The fourth-order valence-corrected chi connectivity index (χ4v) is 2.11. The SMILES string of the molecule is C/C(=C(/C#N)c1cc(C(F)(F)F)cnc1C)c1ccc(C)cn1. The number of hydrogen-bond donors (Lipinski definition) is 0. The lowest BCUT2D eigenvalue weighted by molar-refractivity contribution is -0.137. The van der Waals surface area contributed by atoms with E-state index >= 15 is 0 Å². The molecule has 0 atom stereocenters. The second-order valence-corrected chi connectivity index (χ2v) is 5.19. The van der Waals surface area contributed by atoms with E-state index < -0.39 is 11.7 Å². The van der Waals surface area contributed by atoms with E-state index in [9.17, 15) is 18.4 Å². The topological polar surface area (TPSA) is 49.6 Å². The summed E-state index contributed by atoms with van der Waals surface area (Å²) in [7, 11) is 0. The maximum atomic E-state index is 12.9. The second kappa shape index (κ2) is 6.21. The molecular formula is C17H14F3N3. The molecule has 0 amide bonds. The molecule has 2 rings (SSSR count). The Kier molecular flexibility index (Phi) is 4.50. The summed E-state index contributed by atoms with van der Waals surface area (Å²) in [6.45, 7) is 5.11. The van der Waals surface area contributed by atoms with Gasteiger partial charge < -0.3 is 0 Å². The van der Waals surface area contributed by atoms with Gasteiger partial charge in [-0.1, -0.05) is 6.07 Å². The van der Waals surface area contributed by atoms with Crippen molar-refractivity contribution in [1.29, 1.82) is 5.26 Å². The maximum Gasteiger partial charge on any atom is 0.417 e. The van der Waals surface area contributed by atoms with Crippen LogP contribution in [0.1, 0.15) is 35.0 Å². The summed E-state index contributed by atoms with van der Waals surface area (Å²) in [5, 5.41) is 9.44. The van der Waals surface area contributed by atoms with Crippen LogP contribution in [0.15, 0.2) is 30.6 Å². The zero-order valence-electron chi connectivity index (χ0n) is 12.9. The third kappa shape index (κ3) is 3.57. The van der Waals surface area contributed by atoms with Crippen LogP contribution >= 0.6 is 0 Å². The summed E-state index contributed by atoms with van der Waals surface area (Å²) in [5.74, 6) is 0. The highest BCUT2D eigenvalue weighted by Gasteiger charge is 2.32. The lowest BCUT2D eigenvalue weighted by Crippen LogP contribution is -2.07. The molecule has 118 valence electrons. The van der Waals surface area contributed by atoms with E-state index in [1.165, 1.54) is 0 Å². The highest BCUT2D eigenvalue weighted by molar-refractivity contribution is 5.96.